The SMILES string of the molecule is CCOC1CC(NCc2ccc(O)cc2)C12CCC2. The van der Waals surface area contributed by atoms with Crippen LogP contribution in [0, 0.1) is 5.41 Å². The van der Waals surface area contributed by atoms with Gasteiger partial charge in [0.2, 0.25) is 0 Å². The van der Waals surface area contributed by atoms with Gasteiger partial charge in [0.1, 0.15) is 5.75 Å². The van der Waals surface area contributed by atoms with Crippen LogP contribution in [0.1, 0.15) is 38.2 Å². The summed E-state index contributed by atoms with van der Waals surface area (Å²) in [7, 11) is 0. The molecule has 2 fully saturated rings. The second-order valence-electron chi connectivity index (χ2n) is 5.87. The fraction of sp³-hybridized carbons (Fsp3) is 0.625. The van der Waals surface area contributed by atoms with E-state index in [1.807, 2.05) is 12.1 Å². The van der Waals surface area contributed by atoms with Crippen LogP contribution in [0.15, 0.2) is 24.3 Å². The summed E-state index contributed by atoms with van der Waals surface area (Å²) in [5.74, 6) is 0.333. The maximum absolute atomic E-state index is 9.28. The van der Waals surface area contributed by atoms with Crippen LogP contribution < -0.4 is 5.32 Å². The Hall–Kier alpha value is -1.06. The number of hydrogen-bond acceptors (Lipinski definition) is 3. The molecule has 2 saturated carbocycles. The molecule has 2 unspecified atom stereocenters. The Balaban J connectivity index is 1.55. The summed E-state index contributed by atoms with van der Waals surface area (Å²) in [6.07, 6.45) is 5.59. The Morgan fingerprint density at radius 3 is 2.63 bits per heavy atom. The molecule has 2 aliphatic rings. The van der Waals surface area contributed by atoms with Crippen molar-refractivity contribution in [2.24, 2.45) is 5.41 Å². The minimum atomic E-state index is 0.333. The molecule has 0 radical (unpaired) electrons. The van der Waals surface area contributed by atoms with Gasteiger partial charge < -0.3 is 15.2 Å². The topological polar surface area (TPSA) is 41.5 Å². The van der Waals surface area contributed by atoms with Crippen molar-refractivity contribution in [2.75, 3.05) is 6.61 Å². The zero-order valence-corrected chi connectivity index (χ0v) is 11.6. The van der Waals surface area contributed by atoms with Crippen LogP contribution in [0.3, 0.4) is 0 Å². The molecule has 0 amide bonds. The summed E-state index contributed by atoms with van der Waals surface area (Å²) in [5, 5.41) is 13.0. The summed E-state index contributed by atoms with van der Waals surface area (Å²) in [6, 6.07) is 8.06. The Morgan fingerprint density at radius 1 is 1.32 bits per heavy atom. The van der Waals surface area contributed by atoms with E-state index in [1.165, 1.54) is 24.8 Å². The van der Waals surface area contributed by atoms with Crippen molar-refractivity contribution in [2.45, 2.75) is 51.3 Å². The van der Waals surface area contributed by atoms with Crippen molar-refractivity contribution >= 4 is 0 Å². The molecule has 0 aliphatic heterocycles. The fourth-order valence-corrected chi connectivity index (χ4v) is 3.58. The third-order valence-electron chi connectivity index (χ3n) is 4.93. The van der Waals surface area contributed by atoms with E-state index in [4.69, 9.17) is 4.74 Å². The quantitative estimate of drug-likeness (QED) is 0.856. The molecule has 0 heterocycles. The van der Waals surface area contributed by atoms with Crippen molar-refractivity contribution in [1.29, 1.82) is 0 Å². The number of ether oxygens (including phenoxy) is 1. The van der Waals surface area contributed by atoms with Crippen molar-refractivity contribution in [3.05, 3.63) is 29.8 Å². The molecule has 1 aromatic carbocycles. The first-order valence-electron chi connectivity index (χ1n) is 7.37. The number of hydrogen-bond donors (Lipinski definition) is 2. The van der Waals surface area contributed by atoms with E-state index >= 15 is 0 Å². The van der Waals surface area contributed by atoms with Gasteiger partial charge in [-0.15, -0.1) is 0 Å². The van der Waals surface area contributed by atoms with E-state index < -0.39 is 0 Å². The average Bonchev–Trinajstić information content (AvgIpc) is 2.33. The van der Waals surface area contributed by atoms with Crippen LogP contribution in [0.4, 0.5) is 0 Å². The van der Waals surface area contributed by atoms with Crippen LogP contribution in [0.25, 0.3) is 0 Å². The molecule has 3 heteroatoms. The molecule has 1 aromatic rings. The van der Waals surface area contributed by atoms with E-state index in [0.29, 0.717) is 23.3 Å². The van der Waals surface area contributed by atoms with Crippen molar-refractivity contribution in [3.63, 3.8) is 0 Å². The van der Waals surface area contributed by atoms with Gasteiger partial charge in [-0.2, -0.15) is 0 Å². The number of phenols is 1. The van der Waals surface area contributed by atoms with E-state index in [0.717, 1.165) is 19.6 Å². The molecular formula is C16H23NO2. The summed E-state index contributed by atoms with van der Waals surface area (Å²) >= 11 is 0. The lowest BCUT2D eigenvalue weighted by atomic mass is 9.51. The van der Waals surface area contributed by atoms with Crippen molar-refractivity contribution in [1.82, 2.24) is 5.32 Å². The molecular weight excluding hydrogens is 238 g/mol. The first-order valence-corrected chi connectivity index (χ1v) is 7.37. The maximum Gasteiger partial charge on any atom is 0.115 e. The highest BCUT2D eigenvalue weighted by molar-refractivity contribution is 5.26. The number of aromatic hydroxyl groups is 1. The molecule has 0 aromatic heterocycles. The van der Waals surface area contributed by atoms with E-state index in [9.17, 15) is 5.11 Å². The zero-order valence-electron chi connectivity index (χ0n) is 11.6. The van der Waals surface area contributed by atoms with Crippen LogP contribution in [-0.2, 0) is 11.3 Å². The Morgan fingerprint density at radius 2 is 2.05 bits per heavy atom. The predicted molar refractivity (Wildman–Crippen MR) is 75.0 cm³/mol. The lowest BCUT2D eigenvalue weighted by molar-refractivity contribution is -0.173. The van der Waals surface area contributed by atoms with E-state index in [1.54, 1.807) is 12.1 Å². The number of phenolic OH excluding ortho intramolecular Hbond substituents is 1. The van der Waals surface area contributed by atoms with Crippen LogP contribution in [-0.4, -0.2) is 23.9 Å². The lowest BCUT2D eigenvalue weighted by Crippen LogP contribution is -2.66. The third-order valence-corrected chi connectivity index (χ3v) is 4.93. The number of benzene rings is 1. The lowest BCUT2D eigenvalue weighted by Gasteiger charge is -2.61. The highest BCUT2D eigenvalue weighted by Crippen LogP contribution is 2.57. The van der Waals surface area contributed by atoms with Crippen molar-refractivity contribution < 1.29 is 9.84 Å². The van der Waals surface area contributed by atoms with Crippen molar-refractivity contribution in [3.8, 4) is 5.75 Å². The molecule has 3 nitrogen and oxygen atoms in total. The van der Waals surface area contributed by atoms with E-state index in [-0.39, 0.29) is 0 Å². The van der Waals surface area contributed by atoms with Crippen LogP contribution in [0.2, 0.25) is 0 Å². The third kappa shape index (κ3) is 2.26. The summed E-state index contributed by atoms with van der Waals surface area (Å²) in [6.45, 7) is 3.80. The average molecular weight is 261 g/mol. The van der Waals surface area contributed by atoms with Gasteiger partial charge in [0.05, 0.1) is 6.10 Å². The Labute approximate surface area is 115 Å². The predicted octanol–water partition coefficient (Wildman–Crippen LogP) is 2.83. The Bertz CT molecular complexity index is 425. The van der Waals surface area contributed by atoms with Gasteiger partial charge in [0.15, 0.2) is 0 Å². The molecule has 104 valence electrons. The molecule has 3 rings (SSSR count). The molecule has 1 spiro atoms. The molecule has 19 heavy (non-hydrogen) atoms. The van der Waals surface area contributed by atoms with Crippen LogP contribution in [0.5, 0.6) is 5.75 Å². The summed E-state index contributed by atoms with van der Waals surface area (Å²) < 4.78 is 5.86. The molecule has 2 N–H and O–H groups in total. The van der Waals surface area contributed by atoms with Gasteiger partial charge in [0, 0.05) is 24.6 Å². The molecule has 0 saturated heterocycles. The van der Waals surface area contributed by atoms with Gasteiger partial charge >= 0.3 is 0 Å². The largest absolute Gasteiger partial charge is 0.508 e. The van der Waals surface area contributed by atoms with Gasteiger partial charge in [-0.25, -0.2) is 0 Å². The van der Waals surface area contributed by atoms with E-state index in [2.05, 4.69) is 12.2 Å². The van der Waals surface area contributed by atoms with Gasteiger partial charge in [-0.05, 0) is 43.9 Å². The highest BCUT2D eigenvalue weighted by Gasteiger charge is 2.58. The first-order chi connectivity index (χ1) is 9.24. The number of nitrogens with one attached hydrogen (secondary N) is 1. The van der Waals surface area contributed by atoms with Gasteiger partial charge in [-0.1, -0.05) is 18.6 Å². The minimum absolute atomic E-state index is 0.333. The second-order valence-corrected chi connectivity index (χ2v) is 5.87. The smallest absolute Gasteiger partial charge is 0.115 e. The maximum atomic E-state index is 9.28. The first kappa shape index (κ1) is 12.9. The second kappa shape index (κ2) is 5.14. The van der Waals surface area contributed by atoms with Gasteiger partial charge in [-0.3, -0.25) is 0 Å². The van der Waals surface area contributed by atoms with Crippen LogP contribution >= 0.6 is 0 Å². The number of rotatable bonds is 5. The standard InChI is InChI=1S/C16H23NO2/c1-2-19-15-10-14(16(15)8-3-9-16)17-11-12-4-6-13(18)7-5-12/h4-7,14-15,17-18H,2-3,8-11H2,1H3. The normalized spacial score (nSPS) is 27.8. The highest BCUT2D eigenvalue weighted by atomic mass is 16.5. The Kier molecular flexibility index (Phi) is 3.50. The molecule has 2 aliphatic carbocycles. The fourth-order valence-electron chi connectivity index (χ4n) is 3.58. The minimum Gasteiger partial charge on any atom is -0.508 e. The molecule has 0 bridgehead atoms. The molecule has 2 atom stereocenters. The monoisotopic (exact) mass is 261 g/mol. The zero-order chi connectivity index (χ0) is 13.3. The summed E-state index contributed by atoms with van der Waals surface area (Å²) in [5.41, 5.74) is 1.65. The van der Waals surface area contributed by atoms with Gasteiger partial charge in [0.25, 0.3) is 0 Å². The summed E-state index contributed by atoms with van der Waals surface area (Å²) in [4.78, 5) is 0.